The Balaban J connectivity index is 2.06. The number of hydrogen-bond acceptors (Lipinski definition) is 3. The van der Waals surface area contributed by atoms with Crippen molar-refractivity contribution >= 4 is 5.91 Å². The lowest BCUT2D eigenvalue weighted by molar-refractivity contribution is -0.134. The van der Waals surface area contributed by atoms with Crippen LogP contribution >= 0.6 is 0 Å². The number of nitriles is 1. The number of nitrogens with two attached hydrogens (primary N) is 1. The van der Waals surface area contributed by atoms with Crippen LogP contribution in [-0.4, -0.2) is 29.9 Å². The SMILES string of the molecule is CCN(CC#N)C(=O)C(N)C12CCC(CC1)C2. The van der Waals surface area contributed by atoms with Crippen molar-refractivity contribution in [3.05, 3.63) is 0 Å². The molecule has 94 valence electrons. The van der Waals surface area contributed by atoms with Crippen molar-refractivity contribution in [2.45, 2.75) is 45.1 Å². The van der Waals surface area contributed by atoms with Crippen molar-refractivity contribution in [1.29, 1.82) is 5.26 Å². The molecule has 0 spiro atoms. The first-order valence-corrected chi connectivity index (χ1v) is 6.54. The average Bonchev–Trinajstić information content (AvgIpc) is 2.95. The van der Waals surface area contributed by atoms with Gasteiger partial charge in [-0.15, -0.1) is 0 Å². The van der Waals surface area contributed by atoms with Gasteiger partial charge in [-0.2, -0.15) is 5.26 Å². The van der Waals surface area contributed by atoms with E-state index in [0.29, 0.717) is 6.54 Å². The lowest BCUT2D eigenvalue weighted by atomic mass is 9.77. The number of rotatable bonds is 4. The molecule has 1 unspecified atom stereocenters. The highest BCUT2D eigenvalue weighted by molar-refractivity contribution is 5.83. The maximum absolute atomic E-state index is 12.3. The van der Waals surface area contributed by atoms with Crippen molar-refractivity contribution in [3.8, 4) is 6.07 Å². The van der Waals surface area contributed by atoms with E-state index in [1.165, 1.54) is 12.8 Å². The molecule has 0 aromatic heterocycles. The smallest absolute Gasteiger partial charge is 0.240 e. The minimum absolute atomic E-state index is 0.0309. The maximum Gasteiger partial charge on any atom is 0.240 e. The first-order valence-electron chi connectivity index (χ1n) is 6.54. The molecule has 0 aromatic carbocycles. The number of fused-ring (bicyclic) bond motifs is 2. The Hall–Kier alpha value is -1.08. The van der Waals surface area contributed by atoms with Crippen molar-refractivity contribution in [1.82, 2.24) is 4.90 Å². The zero-order valence-electron chi connectivity index (χ0n) is 10.5. The second-order valence-corrected chi connectivity index (χ2v) is 5.50. The normalized spacial score (nSPS) is 32.2. The molecule has 2 saturated carbocycles. The van der Waals surface area contributed by atoms with E-state index in [2.05, 4.69) is 0 Å². The van der Waals surface area contributed by atoms with E-state index in [0.717, 1.165) is 25.2 Å². The van der Waals surface area contributed by atoms with Crippen LogP contribution in [0.5, 0.6) is 0 Å². The molecule has 0 aliphatic heterocycles. The molecule has 1 atom stereocenters. The highest BCUT2D eigenvalue weighted by Gasteiger charge is 2.51. The Kier molecular flexibility index (Phi) is 3.39. The van der Waals surface area contributed by atoms with E-state index >= 15 is 0 Å². The monoisotopic (exact) mass is 235 g/mol. The van der Waals surface area contributed by atoms with Crippen molar-refractivity contribution < 1.29 is 4.79 Å². The molecule has 2 rings (SSSR count). The molecule has 0 heterocycles. The molecule has 0 aromatic rings. The fourth-order valence-electron chi connectivity index (χ4n) is 3.56. The van der Waals surface area contributed by atoms with Gasteiger partial charge in [-0.05, 0) is 50.4 Å². The van der Waals surface area contributed by atoms with E-state index in [9.17, 15) is 4.79 Å². The van der Waals surface area contributed by atoms with E-state index in [4.69, 9.17) is 11.0 Å². The third-order valence-corrected chi connectivity index (χ3v) is 4.68. The number of likely N-dealkylation sites (N-methyl/N-ethyl adjacent to an activating group) is 1. The molecule has 2 aliphatic rings. The third-order valence-electron chi connectivity index (χ3n) is 4.68. The Morgan fingerprint density at radius 1 is 1.59 bits per heavy atom. The summed E-state index contributed by atoms with van der Waals surface area (Å²) >= 11 is 0. The van der Waals surface area contributed by atoms with Crippen LogP contribution in [0, 0.1) is 22.7 Å². The predicted octanol–water partition coefficient (Wildman–Crippen LogP) is 1.27. The molecule has 0 radical (unpaired) electrons. The number of amides is 1. The fourth-order valence-corrected chi connectivity index (χ4v) is 3.56. The molecule has 2 aliphatic carbocycles. The molecule has 2 fully saturated rings. The summed E-state index contributed by atoms with van der Waals surface area (Å²) in [5.74, 6) is 0.761. The molecule has 4 heteroatoms. The largest absolute Gasteiger partial charge is 0.328 e. The number of nitrogens with zero attached hydrogens (tertiary/aromatic N) is 2. The van der Waals surface area contributed by atoms with Crippen molar-refractivity contribution in [2.24, 2.45) is 17.1 Å². The van der Waals surface area contributed by atoms with Crippen LogP contribution in [0.15, 0.2) is 0 Å². The topological polar surface area (TPSA) is 70.1 Å². The highest BCUT2D eigenvalue weighted by atomic mass is 16.2. The van der Waals surface area contributed by atoms with Gasteiger partial charge in [-0.3, -0.25) is 4.79 Å². The minimum Gasteiger partial charge on any atom is -0.328 e. The van der Waals surface area contributed by atoms with Gasteiger partial charge in [0, 0.05) is 6.54 Å². The van der Waals surface area contributed by atoms with Gasteiger partial charge in [0.1, 0.15) is 6.54 Å². The van der Waals surface area contributed by atoms with E-state index in [-0.39, 0.29) is 17.9 Å². The van der Waals surface area contributed by atoms with Gasteiger partial charge in [0.05, 0.1) is 12.1 Å². The zero-order valence-corrected chi connectivity index (χ0v) is 10.5. The van der Waals surface area contributed by atoms with Crippen LogP contribution in [0.25, 0.3) is 0 Å². The molecule has 0 saturated heterocycles. The Morgan fingerprint density at radius 2 is 2.24 bits per heavy atom. The molecular weight excluding hydrogens is 214 g/mol. The second kappa shape index (κ2) is 4.66. The van der Waals surface area contributed by atoms with Gasteiger partial charge in [-0.25, -0.2) is 0 Å². The van der Waals surface area contributed by atoms with Crippen LogP contribution in [0.1, 0.15) is 39.0 Å². The molecule has 17 heavy (non-hydrogen) atoms. The molecule has 4 nitrogen and oxygen atoms in total. The lowest BCUT2D eigenvalue weighted by Gasteiger charge is -2.34. The summed E-state index contributed by atoms with van der Waals surface area (Å²) in [6, 6.07) is 1.64. The number of hydrogen-bond donors (Lipinski definition) is 1. The van der Waals surface area contributed by atoms with E-state index in [1.54, 1.807) is 4.90 Å². The summed E-state index contributed by atoms with van der Waals surface area (Å²) in [5.41, 5.74) is 6.25. The standard InChI is InChI=1S/C13H21N3O/c1-2-16(8-7-14)12(17)11(15)13-5-3-10(9-13)4-6-13/h10-11H,2-6,8-9,15H2,1H3. The molecule has 2 bridgehead atoms. The van der Waals surface area contributed by atoms with Gasteiger partial charge < -0.3 is 10.6 Å². The average molecular weight is 235 g/mol. The van der Waals surface area contributed by atoms with Crippen LogP contribution in [0.4, 0.5) is 0 Å². The quantitative estimate of drug-likeness (QED) is 0.746. The van der Waals surface area contributed by atoms with E-state index < -0.39 is 6.04 Å². The van der Waals surface area contributed by atoms with Gasteiger partial charge >= 0.3 is 0 Å². The Labute approximate surface area is 103 Å². The first-order chi connectivity index (χ1) is 8.13. The summed E-state index contributed by atoms with van der Waals surface area (Å²) in [7, 11) is 0. The number of carbonyl (C=O) groups is 1. The summed E-state index contributed by atoms with van der Waals surface area (Å²) in [5, 5.41) is 8.71. The maximum atomic E-state index is 12.3. The summed E-state index contributed by atoms with van der Waals surface area (Å²) < 4.78 is 0. The van der Waals surface area contributed by atoms with Gasteiger partial charge in [0.15, 0.2) is 0 Å². The van der Waals surface area contributed by atoms with E-state index in [1.807, 2.05) is 13.0 Å². The summed E-state index contributed by atoms with van der Waals surface area (Å²) in [6.07, 6.45) is 5.75. The van der Waals surface area contributed by atoms with Gasteiger partial charge in [0.25, 0.3) is 0 Å². The van der Waals surface area contributed by atoms with Gasteiger partial charge in [0.2, 0.25) is 5.91 Å². The van der Waals surface area contributed by atoms with Crippen molar-refractivity contribution in [2.75, 3.05) is 13.1 Å². The Morgan fingerprint density at radius 3 is 2.65 bits per heavy atom. The predicted molar refractivity (Wildman–Crippen MR) is 64.9 cm³/mol. The van der Waals surface area contributed by atoms with Crippen LogP contribution in [0.2, 0.25) is 0 Å². The summed E-state index contributed by atoms with van der Waals surface area (Å²) in [6.45, 7) is 2.62. The number of carbonyl (C=O) groups excluding carboxylic acids is 1. The van der Waals surface area contributed by atoms with Crippen LogP contribution in [-0.2, 0) is 4.79 Å². The fraction of sp³-hybridized carbons (Fsp3) is 0.846. The minimum atomic E-state index is -0.400. The molecule has 2 N–H and O–H groups in total. The lowest BCUT2D eigenvalue weighted by Crippen LogP contribution is -2.52. The summed E-state index contributed by atoms with van der Waals surface area (Å²) in [4.78, 5) is 13.9. The highest BCUT2D eigenvalue weighted by Crippen LogP contribution is 2.55. The van der Waals surface area contributed by atoms with Crippen LogP contribution in [0.3, 0.4) is 0 Å². The third kappa shape index (κ3) is 2.04. The van der Waals surface area contributed by atoms with Crippen molar-refractivity contribution in [3.63, 3.8) is 0 Å². The first kappa shape index (κ1) is 12.4. The molecular formula is C13H21N3O. The second-order valence-electron chi connectivity index (χ2n) is 5.50. The zero-order chi connectivity index (χ0) is 12.5. The van der Waals surface area contributed by atoms with Gasteiger partial charge in [-0.1, -0.05) is 0 Å². The van der Waals surface area contributed by atoms with Crippen LogP contribution < -0.4 is 5.73 Å². The Bertz CT molecular complexity index is 339. The molecule has 1 amide bonds.